The molecule has 3 heteroatoms. The number of hydrogen-bond acceptors (Lipinski definition) is 2. The zero-order valence-corrected chi connectivity index (χ0v) is 14.2. The summed E-state index contributed by atoms with van der Waals surface area (Å²) in [5.41, 5.74) is 2.58. The molecule has 0 amide bonds. The Bertz CT molecular complexity index is 571. The van der Waals surface area contributed by atoms with Crippen molar-refractivity contribution < 1.29 is 0 Å². The molecule has 1 unspecified atom stereocenters. The van der Waals surface area contributed by atoms with Crippen LogP contribution >= 0.6 is 23.4 Å². The van der Waals surface area contributed by atoms with Gasteiger partial charge in [-0.15, -0.1) is 11.8 Å². The molecule has 0 saturated heterocycles. The van der Waals surface area contributed by atoms with Gasteiger partial charge in [0.05, 0.1) is 0 Å². The summed E-state index contributed by atoms with van der Waals surface area (Å²) in [6.07, 6.45) is 4.22. The minimum Gasteiger partial charge on any atom is -0.310 e. The fraction of sp³-hybridized carbons (Fsp3) is 0.333. The lowest BCUT2D eigenvalue weighted by Crippen LogP contribution is -2.20. The molecule has 0 radical (unpaired) electrons. The van der Waals surface area contributed by atoms with Gasteiger partial charge in [-0.1, -0.05) is 41.9 Å². The monoisotopic (exact) mass is 319 g/mol. The first-order valence-corrected chi connectivity index (χ1v) is 8.91. The van der Waals surface area contributed by atoms with Crippen molar-refractivity contribution in [3.05, 3.63) is 64.7 Å². The maximum absolute atomic E-state index is 6.17. The first-order valence-electron chi connectivity index (χ1n) is 7.31. The van der Waals surface area contributed by atoms with Gasteiger partial charge in [0.1, 0.15) is 0 Å². The lowest BCUT2D eigenvalue weighted by Gasteiger charge is -2.15. The van der Waals surface area contributed by atoms with Crippen molar-refractivity contribution in [2.75, 3.05) is 12.8 Å². The minimum atomic E-state index is 0.378. The molecule has 1 N–H and O–H groups in total. The molecule has 0 bridgehead atoms. The smallest absolute Gasteiger partial charge is 0.0437 e. The molecule has 112 valence electrons. The third-order valence-corrected chi connectivity index (χ3v) is 4.72. The molecule has 0 heterocycles. The second kappa shape index (κ2) is 8.47. The molecule has 0 aliphatic heterocycles. The van der Waals surface area contributed by atoms with Gasteiger partial charge in [0.25, 0.3) is 0 Å². The SMILES string of the molecule is CSc1cccc(C(C)NCCCc2ccccc2Cl)c1. The number of thioether (sulfide) groups is 1. The summed E-state index contributed by atoms with van der Waals surface area (Å²) < 4.78 is 0. The number of halogens is 1. The third-order valence-electron chi connectivity index (χ3n) is 3.63. The molecule has 2 rings (SSSR count). The summed E-state index contributed by atoms with van der Waals surface area (Å²) >= 11 is 7.96. The van der Waals surface area contributed by atoms with E-state index in [4.69, 9.17) is 11.6 Å². The second-order valence-electron chi connectivity index (χ2n) is 5.15. The Balaban J connectivity index is 1.79. The highest BCUT2D eigenvalue weighted by atomic mass is 35.5. The Hall–Kier alpha value is -0.960. The molecule has 21 heavy (non-hydrogen) atoms. The van der Waals surface area contributed by atoms with Crippen molar-refractivity contribution in [1.82, 2.24) is 5.32 Å². The van der Waals surface area contributed by atoms with Gasteiger partial charge < -0.3 is 5.32 Å². The normalized spacial score (nSPS) is 12.3. The zero-order chi connectivity index (χ0) is 15.1. The van der Waals surface area contributed by atoms with E-state index < -0.39 is 0 Å². The van der Waals surface area contributed by atoms with Crippen LogP contribution in [-0.4, -0.2) is 12.8 Å². The average molecular weight is 320 g/mol. The molecule has 2 aromatic carbocycles. The number of rotatable bonds is 7. The lowest BCUT2D eigenvalue weighted by atomic mass is 10.1. The van der Waals surface area contributed by atoms with Crippen LogP contribution in [0.2, 0.25) is 5.02 Å². The maximum atomic E-state index is 6.17. The first-order chi connectivity index (χ1) is 10.2. The molecule has 2 aromatic rings. The summed E-state index contributed by atoms with van der Waals surface area (Å²) in [5.74, 6) is 0. The van der Waals surface area contributed by atoms with E-state index >= 15 is 0 Å². The van der Waals surface area contributed by atoms with Crippen LogP contribution in [0.1, 0.15) is 30.5 Å². The van der Waals surface area contributed by atoms with Crippen molar-refractivity contribution >= 4 is 23.4 Å². The third kappa shape index (κ3) is 5.06. The Morgan fingerprint density at radius 3 is 2.71 bits per heavy atom. The molecule has 1 atom stereocenters. The van der Waals surface area contributed by atoms with Gasteiger partial charge in [0, 0.05) is 16.0 Å². The van der Waals surface area contributed by atoms with Gasteiger partial charge >= 0.3 is 0 Å². The molecule has 1 nitrogen and oxygen atoms in total. The summed E-state index contributed by atoms with van der Waals surface area (Å²) in [7, 11) is 0. The van der Waals surface area contributed by atoms with Crippen molar-refractivity contribution in [2.45, 2.75) is 30.7 Å². The van der Waals surface area contributed by atoms with Gasteiger partial charge in [0.15, 0.2) is 0 Å². The van der Waals surface area contributed by atoms with Crippen LogP contribution in [0, 0.1) is 0 Å². The van der Waals surface area contributed by atoms with Gasteiger partial charge in [-0.2, -0.15) is 0 Å². The van der Waals surface area contributed by atoms with E-state index in [1.54, 1.807) is 11.8 Å². The van der Waals surface area contributed by atoms with Crippen molar-refractivity contribution in [2.24, 2.45) is 0 Å². The van der Waals surface area contributed by atoms with Crippen molar-refractivity contribution in [3.8, 4) is 0 Å². The van der Waals surface area contributed by atoms with E-state index in [0.29, 0.717) is 6.04 Å². The summed E-state index contributed by atoms with van der Waals surface area (Å²) in [5, 5.41) is 4.46. The lowest BCUT2D eigenvalue weighted by molar-refractivity contribution is 0.557. The van der Waals surface area contributed by atoms with Crippen molar-refractivity contribution in [1.29, 1.82) is 0 Å². The summed E-state index contributed by atoms with van der Waals surface area (Å²) in [6, 6.07) is 17.2. The molecular weight excluding hydrogens is 298 g/mol. The number of nitrogens with one attached hydrogen (secondary N) is 1. The fourth-order valence-electron chi connectivity index (χ4n) is 2.33. The molecule has 0 saturated carbocycles. The largest absolute Gasteiger partial charge is 0.310 e. The Kier molecular flexibility index (Phi) is 6.62. The van der Waals surface area contributed by atoms with Gasteiger partial charge in [-0.3, -0.25) is 0 Å². The van der Waals surface area contributed by atoms with E-state index in [2.05, 4.69) is 48.8 Å². The zero-order valence-electron chi connectivity index (χ0n) is 12.6. The molecule has 0 spiro atoms. The number of hydrogen-bond donors (Lipinski definition) is 1. The van der Waals surface area contributed by atoms with E-state index in [1.807, 2.05) is 18.2 Å². The van der Waals surface area contributed by atoms with Crippen LogP contribution in [-0.2, 0) is 6.42 Å². The fourth-order valence-corrected chi connectivity index (χ4v) is 3.03. The van der Waals surface area contributed by atoms with Crippen LogP contribution in [0.5, 0.6) is 0 Å². The highest BCUT2D eigenvalue weighted by Crippen LogP contribution is 2.20. The Morgan fingerprint density at radius 2 is 1.95 bits per heavy atom. The van der Waals surface area contributed by atoms with E-state index in [-0.39, 0.29) is 0 Å². The Labute approximate surface area is 137 Å². The molecule has 0 aliphatic carbocycles. The summed E-state index contributed by atoms with van der Waals surface area (Å²) in [4.78, 5) is 1.32. The number of benzene rings is 2. The van der Waals surface area contributed by atoms with Crippen LogP contribution in [0.15, 0.2) is 53.4 Å². The summed E-state index contributed by atoms with van der Waals surface area (Å²) in [6.45, 7) is 3.21. The van der Waals surface area contributed by atoms with Crippen molar-refractivity contribution in [3.63, 3.8) is 0 Å². The number of aryl methyl sites for hydroxylation is 1. The predicted octanol–water partition coefficient (Wildman–Crippen LogP) is 5.35. The van der Waals surface area contributed by atoms with Gasteiger partial charge in [-0.05, 0) is 61.9 Å². The van der Waals surface area contributed by atoms with E-state index in [9.17, 15) is 0 Å². The predicted molar refractivity (Wildman–Crippen MR) is 94.4 cm³/mol. The van der Waals surface area contributed by atoms with Gasteiger partial charge in [-0.25, -0.2) is 0 Å². The van der Waals surface area contributed by atoms with E-state index in [1.165, 1.54) is 16.0 Å². The standard InChI is InChI=1S/C18H22ClNS/c1-14(16-8-5-10-17(13-16)21-2)20-12-6-9-15-7-3-4-11-18(15)19/h3-5,7-8,10-11,13-14,20H,6,9,12H2,1-2H3. The van der Waals surface area contributed by atoms with Crippen LogP contribution in [0.4, 0.5) is 0 Å². The highest BCUT2D eigenvalue weighted by Gasteiger charge is 2.05. The molecule has 0 aromatic heterocycles. The van der Waals surface area contributed by atoms with E-state index in [0.717, 1.165) is 24.4 Å². The first kappa shape index (κ1) is 16.4. The maximum Gasteiger partial charge on any atom is 0.0437 e. The Morgan fingerprint density at radius 1 is 1.14 bits per heavy atom. The molecular formula is C18H22ClNS. The minimum absolute atomic E-state index is 0.378. The van der Waals surface area contributed by atoms with Crippen LogP contribution in [0.25, 0.3) is 0 Å². The quantitative estimate of drug-likeness (QED) is 0.545. The molecule has 0 fully saturated rings. The average Bonchev–Trinajstić information content (AvgIpc) is 2.53. The topological polar surface area (TPSA) is 12.0 Å². The van der Waals surface area contributed by atoms with Crippen LogP contribution in [0.3, 0.4) is 0 Å². The van der Waals surface area contributed by atoms with Crippen LogP contribution < -0.4 is 5.32 Å². The van der Waals surface area contributed by atoms with Gasteiger partial charge in [0.2, 0.25) is 0 Å². The molecule has 0 aliphatic rings. The highest BCUT2D eigenvalue weighted by molar-refractivity contribution is 7.98. The second-order valence-corrected chi connectivity index (χ2v) is 6.43.